The van der Waals surface area contributed by atoms with Gasteiger partial charge in [0.25, 0.3) is 0 Å². The second kappa shape index (κ2) is 8.63. The Bertz CT molecular complexity index is 477. The maximum atomic E-state index is 9.00. The highest BCUT2D eigenvalue weighted by Crippen LogP contribution is 2.22. The largest absolute Gasteiger partial charge is 0.492 e. The topological polar surface area (TPSA) is 57.9 Å². The molecule has 0 aromatic carbocycles. The summed E-state index contributed by atoms with van der Waals surface area (Å²) in [6.07, 6.45) is 2.81. The van der Waals surface area contributed by atoms with E-state index in [1.807, 2.05) is 32.9 Å². The van der Waals surface area contributed by atoms with Crippen molar-refractivity contribution in [1.82, 2.24) is 10.3 Å². The van der Waals surface area contributed by atoms with Crippen molar-refractivity contribution in [2.45, 2.75) is 53.5 Å². The molecule has 21 heavy (non-hydrogen) atoms. The summed E-state index contributed by atoms with van der Waals surface area (Å²) in [5, 5.41) is 12.4. The lowest BCUT2D eigenvalue weighted by atomic mass is 9.90. The molecule has 0 atom stereocenters. The Hall–Kier alpha value is -1.60. The molecular formula is C17H27N3O. The molecule has 0 bridgehead atoms. The van der Waals surface area contributed by atoms with Gasteiger partial charge in [-0.15, -0.1) is 0 Å². The number of pyridine rings is 1. The molecule has 0 aliphatic carbocycles. The van der Waals surface area contributed by atoms with Crippen molar-refractivity contribution in [2.24, 2.45) is 5.41 Å². The van der Waals surface area contributed by atoms with Gasteiger partial charge in [0.15, 0.2) is 0 Å². The maximum Gasteiger partial charge on any atom is 0.142 e. The lowest BCUT2D eigenvalue weighted by molar-refractivity contribution is 0.280. The minimum Gasteiger partial charge on any atom is -0.492 e. The summed E-state index contributed by atoms with van der Waals surface area (Å²) in [6, 6.07) is 6.27. The molecule has 0 radical (unpaired) electrons. The monoisotopic (exact) mass is 289 g/mol. The number of hydrogen-bond donors (Lipinski definition) is 1. The van der Waals surface area contributed by atoms with Crippen molar-refractivity contribution in [3.05, 3.63) is 23.5 Å². The fourth-order valence-corrected chi connectivity index (χ4v) is 1.99. The molecule has 1 aromatic rings. The van der Waals surface area contributed by atoms with Crippen molar-refractivity contribution < 1.29 is 4.74 Å². The van der Waals surface area contributed by atoms with Crippen molar-refractivity contribution in [1.29, 1.82) is 5.26 Å². The lowest BCUT2D eigenvalue weighted by Gasteiger charge is -2.16. The molecule has 0 saturated carbocycles. The van der Waals surface area contributed by atoms with Gasteiger partial charge in [-0.3, -0.25) is 4.98 Å². The van der Waals surface area contributed by atoms with Crippen molar-refractivity contribution in [2.75, 3.05) is 13.2 Å². The Morgan fingerprint density at radius 1 is 1.38 bits per heavy atom. The molecular weight excluding hydrogens is 262 g/mol. The summed E-state index contributed by atoms with van der Waals surface area (Å²) in [5.74, 6) is 0.846. The average molecular weight is 289 g/mol. The minimum atomic E-state index is -0.277. The van der Waals surface area contributed by atoms with Crippen LogP contribution in [0.1, 0.15) is 51.4 Å². The molecule has 0 saturated heterocycles. The highest BCUT2D eigenvalue weighted by Gasteiger charge is 2.16. The Morgan fingerprint density at radius 3 is 2.81 bits per heavy atom. The van der Waals surface area contributed by atoms with Gasteiger partial charge in [0.1, 0.15) is 5.75 Å². The normalized spacial score (nSPS) is 11.2. The molecule has 0 aliphatic heterocycles. The van der Waals surface area contributed by atoms with E-state index in [2.05, 4.69) is 23.3 Å². The first kappa shape index (κ1) is 17.5. The summed E-state index contributed by atoms with van der Waals surface area (Å²) >= 11 is 0. The van der Waals surface area contributed by atoms with E-state index >= 15 is 0 Å². The number of aryl methyl sites for hydroxylation is 1. The zero-order valence-corrected chi connectivity index (χ0v) is 13.7. The third-order valence-corrected chi connectivity index (χ3v) is 3.30. The molecule has 0 amide bonds. The van der Waals surface area contributed by atoms with Crippen LogP contribution in [0.2, 0.25) is 0 Å². The van der Waals surface area contributed by atoms with Crippen molar-refractivity contribution >= 4 is 0 Å². The smallest absolute Gasteiger partial charge is 0.142 e. The predicted octanol–water partition coefficient (Wildman–Crippen LogP) is 3.60. The van der Waals surface area contributed by atoms with E-state index in [1.165, 1.54) is 0 Å². The van der Waals surface area contributed by atoms with E-state index < -0.39 is 0 Å². The van der Waals surface area contributed by atoms with E-state index in [9.17, 15) is 0 Å². The van der Waals surface area contributed by atoms with Crippen LogP contribution in [0.5, 0.6) is 5.75 Å². The fraction of sp³-hybridized carbons (Fsp3) is 0.647. The van der Waals surface area contributed by atoms with E-state index in [0.29, 0.717) is 6.61 Å². The molecule has 0 spiro atoms. The minimum absolute atomic E-state index is 0.277. The number of nitriles is 1. The van der Waals surface area contributed by atoms with Crippen LogP contribution in [0.4, 0.5) is 0 Å². The summed E-state index contributed by atoms with van der Waals surface area (Å²) in [4.78, 5) is 4.55. The fourth-order valence-electron chi connectivity index (χ4n) is 1.99. The molecule has 1 heterocycles. The highest BCUT2D eigenvalue weighted by molar-refractivity contribution is 5.29. The standard InChI is InChI=1S/C17H27N3O/c1-5-10-19-12-15-16(8-7-14(2)20-15)21-11-6-9-17(3,4)13-18/h7-8,19H,5-6,9-12H2,1-4H3. The second-order valence-electron chi connectivity index (χ2n) is 6.02. The van der Waals surface area contributed by atoms with Gasteiger partial charge in [0.2, 0.25) is 0 Å². The molecule has 1 aromatic heterocycles. The first-order valence-corrected chi connectivity index (χ1v) is 7.70. The van der Waals surface area contributed by atoms with E-state index in [1.54, 1.807) is 0 Å². The average Bonchev–Trinajstić information content (AvgIpc) is 2.45. The number of ether oxygens (including phenoxy) is 1. The SMILES string of the molecule is CCCNCc1nc(C)ccc1OCCCC(C)(C)C#N. The molecule has 1 N–H and O–H groups in total. The molecule has 0 aliphatic rings. The van der Waals surface area contributed by atoms with E-state index in [4.69, 9.17) is 10.00 Å². The number of aromatic nitrogens is 1. The van der Waals surface area contributed by atoms with Gasteiger partial charge in [-0.1, -0.05) is 6.92 Å². The van der Waals surface area contributed by atoms with Gasteiger partial charge >= 0.3 is 0 Å². The Morgan fingerprint density at radius 2 is 2.14 bits per heavy atom. The van der Waals surface area contributed by atoms with Crippen LogP contribution >= 0.6 is 0 Å². The van der Waals surface area contributed by atoms with Gasteiger partial charge < -0.3 is 10.1 Å². The Kier molecular flexibility index (Phi) is 7.18. The zero-order chi connectivity index (χ0) is 15.7. The highest BCUT2D eigenvalue weighted by atomic mass is 16.5. The summed E-state index contributed by atoms with van der Waals surface area (Å²) in [7, 11) is 0. The molecule has 1 rings (SSSR count). The van der Waals surface area contributed by atoms with Crippen LogP contribution in [0.25, 0.3) is 0 Å². The summed E-state index contributed by atoms with van der Waals surface area (Å²) in [5.41, 5.74) is 1.68. The van der Waals surface area contributed by atoms with Crippen LogP contribution in [0, 0.1) is 23.7 Å². The van der Waals surface area contributed by atoms with Crippen molar-refractivity contribution in [3.8, 4) is 11.8 Å². The summed E-state index contributed by atoms with van der Waals surface area (Å²) < 4.78 is 5.85. The van der Waals surface area contributed by atoms with Crippen LogP contribution < -0.4 is 10.1 Å². The predicted molar refractivity (Wildman–Crippen MR) is 85.1 cm³/mol. The molecule has 0 fully saturated rings. The molecule has 116 valence electrons. The maximum absolute atomic E-state index is 9.00. The number of hydrogen-bond acceptors (Lipinski definition) is 4. The third kappa shape index (κ3) is 6.59. The number of rotatable bonds is 9. The third-order valence-electron chi connectivity index (χ3n) is 3.30. The summed E-state index contributed by atoms with van der Waals surface area (Å²) in [6.45, 7) is 10.4. The van der Waals surface area contributed by atoms with Gasteiger partial charge in [0, 0.05) is 12.2 Å². The molecule has 4 heteroatoms. The van der Waals surface area contributed by atoms with E-state index in [0.717, 1.165) is 49.5 Å². The second-order valence-corrected chi connectivity index (χ2v) is 6.02. The molecule has 4 nitrogen and oxygen atoms in total. The first-order valence-electron chi connectivity index (χ1n) is 7.70. The Balaban J connectivity index is 2.52. The van der Waals surface area contributed by atoms with E-state index in [-0.39, 0.29) is 5.41 Å². The van der Waals surface area contributed by atoms with Crippen LogP contribution in [0.3, 0.4) is 0 Å². The lowest BCUT2D eigenvalue weighted by Crippen LogP contribution is -2.16. The zero-order valence-electron chi connectivity index (χ0n) is 13.7. The quantitative estimate of drug-likeness (QED) is 0.706. The van der Waals surface area contributed by atoms with Crippen LogP contribution in [-0.4, -0.2) is 18.1 Å². The number of nitrogens with zero attached hydrogens (tertiary/aromatic N) is 2. The first-order chi connectivity index (χ1) is 9.98. The van der Waals surface area contributed by atoms with Crippen LogP contribution in [0.15, 0.2) is 12.1 Å². The van der Waals surface area contributed by atoms with Gasteiger partial charge in [-0.25, -0.2) is 0 Å². The van der Waals surface area contributed by atoms with Crippen LogP contribution in [-0.2, 0) is 6.54 Å². The van der Waals surface area contributed by atoms with Crippen molar-refractivity contribution in [3.63, 3.8) is 0 Å². The van der Waals surface area contributed by atoms with Gasteiger partial charge in [-0.05, 0) is 58.7 Å². The van der Waals surface area contributed by atoms with Gasteiger partial charge in [0.05, 0.1) is 23.8 Å². The number of nitrogens with one attached hydrogen (secondary N) is 1. The molecule has 0 unspecified atom stereocenters. The Labute approximate surface area is 128 Å². The van der Waals surface area contributed by atoms with Gasteiger partial charge in [-0.2, -0.15) is 5.26 Å².